The molecule has 0 radical (unpaired) electrons. The summed E-state index contributed by atoms with van der Waals surface area (Å²) in [7, 11) is 0. The number of guanidine groups is 1. The van der Waals surface area contributed by atoms with Crippen LogP contribution in [0.15, 0.2) is 27.8 Å². The van der Waals surface area contributed by atoms with Gasteiger partial charge in [-0.2, -0.15) is 0 Å². The average Bonchev–Trinajstić information content (AvgIpc) is 3.13. The fourth-order valence-corrected chi connectivity index (χ4v) is 2.61. The van der Waals surface area contributed by atoms with Crippen molar-refractivity contribution in [1.29, 1.82) is 0 Å². The Balaban J connectivity index is 2.05. The van der Waals surface area contributed by atoms with Crippen molar-refractivity contribution in [2.45, 2.75) is 32.7 Å². The highest BCUT2D eigenvalue weighted by molar-refractivity contribution is 5.79. The molecule has 20 heavy (non-hydrogen) atoms. The molecule has 1 saturated heterocycles. The minimum atomic E-state index is 0.250. The maximum atomic E-state index is 5.61. The maximum Gasteiger partial charge on any atom is 0.191 e. The molecule has 2 N–H and O–H groups in total. The van der Waals surface area contributed by atoms with Crippen molar-refractivity contribution in [3.63, 3.8) is 0 Å². The van der Waals surface area contributed by atoms with E-state index in [-0.39, 0.29) is 6.04 Å². The molecule has 1 aromatic rings. The molecule has 1 atom stereocenters. The predicted octanol–water partition coefficient (Wildman–Crippen LogP) is 1.99. The van der Waals surface area contributed by atoms with Crippen molar-refractivity contribution in [3.8, 4) is 0 Å². The second-order valence-electron chi connectivity index (χ2n) is 5.02. The zero-order valence-electron chi connectivity index (χ0n) is 12.6. The largest absolute Gasteiger partial charge is 0.468 e. The first-order valence-electron chi connectivity index (χ1n) is 7.64. The Bertz CT molecular complexity index is 388. The Morgan fingerprint density at radius 1 is 1.30 bits per heavy atom. The molecule has 0 bridgehead atoms. The van der Waals surface area contributed by atoms with Crippen molar-refractivity contribution in [3.05, 3.63) is 24.2 Å². The van der Waals surface area contributed by atoms with Crippen LogP contribution in [-0.2, 0) is 0 Å². The predicted molar refractivity (Wildman–Crippen MR) is 81.9 cm³/mol. The van der Waals surface area contributed by atoms with Crippen LogP contribution in [0.1, 0.15) is 38.5 Å². The highest BCUT2D eigenvalue weighted by atomic mass is 16.3. The van der Waals surface area contributed by atoms with E-state index < -0.39 is 0 Å². The van der Waals surface area contributed by atoms with E-state index in [4.69, 9.17) is 9.41 Å². The van der Waals surface area contributed by atoms with Crippen LogP contribution in [0.3, 0.4) is 0 Å². The second kappa shape index (κ2) is 7.94. The minimum absolute atomic E-state index is 0.250. The topological polar surface area (TPSA) is 52.8 Å². The number of likely N-dealkylation sites (tertiary alicyclic amines) is 1. The number of aliphatic imine (C=N–C) groups is 1. The summed E-state index contributed by atoms with van der Waals surface area (Å²) in [5.74, 6) is 1.90. The molecular weight excluding hydrogens is 252 g/mol. The summed E-state index contributed by atoms with van der Waals surface area (Å²) in [5.41, 5.74) is 0. The van der Waals surface area contributed by atoms with Crippen molar-refractivity contribution < 1.29 is 4.42 Å². The lowest BCUT2D eigenvalue weighted by Crippen LogP contribution is -2.38. The van der Waals surface area contributed by atoms with Gasteiger partial charge < -0.3 is 15.1 Å². The van der Waals surface area contributed by atoms with E-state index in [1.54, 1.807) is 6.26 Å². The van der Waals surface area contributed by atoms with Gasteiger partial charge in [0.15, 0.2) is 5.96 Å². The van der Waals surface area contributed by atoms with Gasteiger partial charge >= 0.3 is 0 Å². The lowest BCUT2D eigenvalue weighted by molar-refractivity contribution is 0.221. The third kappa shape index (κ3) is 4.00. The fraction of sp³-hybridized carbons (Fsp3) is 0.667. The van der Waals surface area contributed by atoms with Gasteiger partial charge in [0.1, 0.15) is 5.76 Å². The second-order valence-corrected chi connectivity index (χ2v) is 5.02. The minimum Gasteiger partial charge on any atom is -0.468 e. The quantitative estimate of drug-likeness (QED) is 0.617. The Hall–Kier alpha value is -1.49. The molecule has 0 aliphatic carbocycles. The number of hydrogen-bond acceptors (Lipinski definition) is 3. The van der Waals surface area contributed by atoms with Crippen LogP contribution >= 0.6 is 0 Å². The molecule has 1 aliphatic heterocycles. The van der Waals surface area contributed by atoms with Gasteiger partial charge in [0.2, 0.25) is 0 Å². The van der Waals surface area contributed by atoms with Gasteiger partial charge in [0.25, 0.3) is 0 Å². The Morgan fingerprint density at radius 3 is 2.55 bits per heavy atom. The maximum absolute atomic E-state index is 5.61. The summed E-state index contributed by atoms with van der Waals surface area (Å²) in [6.45, 7) is 8.91. The van der Waals surface area contributed by atoms with Crippen molar-refractivity contribution in [1.82, 2.24) is 15.5 Å². The van der Waals surface area contributed by atoms with Crippen LogP contribution in [0.4, 0.5) is 0 Å². The van der Waals surface area contributed by atoms with Crippen LogP contribution in [0.2, 0.25) is 0 Å². The number of furan rings is 1. The van der Waals surface area contributed by atoms with E-state index in [0.29, 0.717) is 0 Å². The Morgan fingerprint density at radius 2 is 2.00 bits per heavy atom. The summed E-state index contributed by atoms with van der Waals surface area (Å²) < 4.78 is 5.61. The normalized spacial score (nSPS) is 16.9. The molecule has 0 amide bonds. The van der Waals surface area contributed by atoms with Crippen LogP contribution in [-0.4, -0.2) is 43.6 Å². The summed E-state index contributed by atoms with van der Waals surface area (Å²) in [6, 6.07) is 4.26. The third-order valence-electron chi connectivity index (χ3n) is 3.56. The summed E-state index contributed by atoms with van der Waals surface area (Å²) in [4.78, 5) is 7.17. The molecule has 5 heteroatoms. The highest BCUT2D eigenvalue weighted by Crippen LogP contribution is 2.25. The Kier molecular flexibility index (Phi) is 5.92. The monoisotopic (exact) mass is 278 g/mol. The van der Waals surface area contributed by atoms with Crippen molar-refractivity contribution in [2.75, 3.05) is 32.7 Å². The molecule has 112 valence electrons. The first-order chi connectivity index (χ1) is 9.85. The molecular formula is C15H26N4O. The van der Waals surface area contributed by atoms with Crippen LogP contribution < -0.4 is 10.6 Å². The smallest absolute Gasteiger partial charge is 0.191 e. The van der Waals surface area contributed by atoms with Gasteiger partial charge in [-0.05, 0) is 51.9 Å². The fourth-order valence-electron chi connectivity index (χ4n) is 2.61. The van der Waals surface area contributed by atoms with E-state index in [9.17, 15) is 0 Å². The Labute approximate surface area is 121 Å². The van der Waals surface area contributed by atoms with Crippen molar-refractivity contribution >= 4 is 5.96 Å². The molecule has 1 aromatic heterocycles. The van der Waals surface area contributed by atoms with E-state index in [2.05, 4.69) is 35.4 Å². The third-order valence-corrected chi connectivity index (χ3v) is 3.56. The SMILES string of the molecule is CCNC(=NCC(c1ccco1)N1CCCC1)NCC. The molecule has 0 spiro atoms. The van der Waals surface area contributed by atoms with Gasteiger partial charge in [0, 0.05) is 13.1 Å². The van der Waals surface area contributed by atoms with E-state index >= 15 is 0 Å². The molecule has 2 rings (SSSR count). The number of nitrogens with one attached hydrogen (secondary N) is 2. The first-order valence-corrected chi connectivity index (χ1v) is 7.64. The average molecular weight is 278 g/mol. The molecule has 0 aromatic carbocycles. The molecule has 1 unspecified atom stereocenters. The molecule has 0 saturated carbocycles. The number of rotatable bonds is 6. The zero-order chi connectivity index (χ0) is 14.2. The molecule has 1 aliphatic rings. The van der Waals surface area contributed by atoms with Crippen LogP contribution in [0.5, 0.6) is 0 Å². The summed E-state index contributed by atoms with van der Waals surface area (Å²) >= 11 is 0. The standard InChI is InChI=1S/C15H26N4O/c1-3-16-15(17-4-2)18-12-13(14-8-7-11-20-14)19-9-5-6-10-19/h7-8,11,13H,3-6,9-10,12H2,1-2H3,(H2,16,17,18). The zero-order valence-corrected chi connectivity index (χ0v) is 12.6. The first kappa shape index (κ1) is 14.9. The van der Waals surface area contributed by atoms with Gasteiger partial charge in [-0.3, -0.25) is 9.89 Å². The summed E-state index contributed by atoms with van der Waals surface area (Å²) in [6.07, 6.45) is 4.29. The van der Waals surface area contributed by atoms with Gasteiger partial charge in [0.05, 0.1) is 18.8 Å². The molecule has 2 heterocycles. The van der Waals surface area contributed by atoms with E-state index in [1.807, 2.05) is 6.07 Å². The van der Waals surface area contributed by atoms with Gasteiger partial charge in [-0.15, -0.1) is 0 Å². The number of nitrogens with zero attached hydrogens (tertiary/aromatic N) is 2. The number of hydrogen-bond donors (Lipinski definition) is 2. The van der Waals surface area contributed by atoms with Gasteiger partial charge in [-0.1, -0.05) is 0 Å². The summed E-state index contributed by atoms with van der Waals surface area (Å²) in [5, 5.41) is 6.53. The molecule has 1 fully saturated rings. The molecule has 5 nitrogen and oxygen atoms in total. The van der Waals surface area contributed by atoms with Crippen LogP contribution in [0.25, 0.3) is 0 Å². The lowest BCUT2D eigenvalue weighted by atomic mass is 10.2. The lowest BCUT2D eigenvalue weighted by Gasteiger charge is -2.24. The van der Waals surface area contributed by atoms with Crippen LogP contribution in [0, 0.1) is 0 Å². The highest BCUT2D eigenvalue weighted by Gasteiger charge is 2.25. The van der Waals surface area contributed by atoms with Crippen molar-refractivity contribution in [2.24, 2.45) is 4.99 Å². The van der Waals surface area contributed by atoms with E-state index in [0.717, 1.165) is 44.4 Å². The van der Waals surface area contributed by atoms with Gasteiger partial charge in [-0.25, -0.2) is 0 Å². The van der Waals surface area contributed by atoms with E-state index in [1.165, 1.54) is 12.8 Å².